The van der Waals surface area contributed by atoms with Crippen LogP contribution in [0.2, 0.25) is 5.02 Å². The molecule has 8 heteroatoms. The zero-order valence-electron chi connectivity index (χ0n) is 18.7. The predicted octanol–water partition coefficient (Wildman–Crippen LogP) is 6.28. The first-order valence-corrected chi connectivity index (χ1v) is 11.3. The Morgan fingerprint density at radius 2 is 1.67 bits per heavy atom. The van der Waals surface area contributed by atoms with Gasteiger partial charge >= 0.3 is 5.97 Å². The molecule has 0 radical (unpaired) electrons. The maximum atomic E-state index is 13.0. The monoisotopic (exact) mass is 495 g/mol. The van der Waals surface area contributed by atoms with Crippen molar-refractivity contribution in [1.29, 1.82) is 0 Å². The van der Waals surface area contributed by atoms with Crippen LogP contribution in [-0.2, 0) is 0 Å². The molecule has 0 spiro atoms. The Balaban J connectivity index is 1.36. The van der Waals surface area contributed by atoms with Gasteiger partial charge in [-0.2, -0.15) is 5.10 Å². The molecule has 0 aliphatic carbocycles. The van der Waals surface area contributed by atoms with Crippen LogP contribution in [0.15, 0.2) is 101 Å². The summed E-state index contributed by atoms with van der Waals surface area (Å²) in [4.78, 5) is 28.9. The number of aromatic carboxylic acids is 1. The van der Waals surface area contributed by atoms with Crippen molar-refractivity contribution in [2.45, 2.75) is 0 Å². The summed E-state index contributed by atoms with van der Waals surface area (Å²) in [7, 11) is 0. The Morgan fingerprint density at radius 3 is 2.44 bits per heavy atom. The molecule has 2 aromatic heterocycles. The van der Waals surface area contributed by atoms with E-state index < -0.39 is 5.97 Å². The Kier molecular flexibility index (Phi) is 6.30. The Hall–Kier alpha value is -4.75. The van der Waals surface area contributed by atoms with Crippen molar-refractivity contribution >= 4 is 40.6 Å². The van der Waals surface area contributed by atoms with Gasteiger partial charge in [0.15, 0.2) is 0 Å². The van der Waals surface area contributed by atoms with Crippen molar-refractivity contribution < 1.29 is 19.1 Å². The quantitative estimate of drug-likeness (QED) is 0.213. The van der Waals surface area contributed by atoms with Gasteiger partial charge in [-0.05, 0) is 36.4 Å². The number of hydrogen-bond acceptors (Lipinski definition) is 5. The molecule has 3 aromatic carbocycles. The number of carbonyl (C=O) groups excluding carboxylic acids is 1. The first kappa shape index (κ1) is 23.0. The molecule has 0 aliphatic rings. The molecule has 1 amide bonds. The van der Waals surface area contributed by atoms with Gasteiger partial charge in [-0.15, -0.1) is 0 Å². The number of carbonyl (C=O) groups is 2. The van der Waals surface area contributed by atoms with E-state index in [4.69, 9.17) is 26.1 Å². The highest BCUT2D eigenvalue weighted by Gasteiger charge is 2.14. The number of rotatable bonds is 6. The predicted molar refractivity (Wildman–Crippen MR) is 138 cm³/mol. The van der Waals surface area contributed by atoms with Crippen LogP contribution >= 0.6 is 11.6 Å². The maximum Gasteiger partial charge on any atom is 0.337 e. The number of hydrogen-bond donors (Lipinski definition) is 2. The van der Waals surface area contributed by atoms with Crippen LogP contribution in [0.4, 0.5) is 0 Å². The fraction of sp³-hybridized carbons (Fsp3) is 0. The van der Waals surface area contributed by atoms with E-state index in [1.165, 1.54) is 18.3 Å². The van der Waals surface area contributed by atoms with Gasteiger partial charge in [0.25, 0.3) is 5.91 Å². The summed E-state index contributed by atoms with van der Waals surface area (Å²) in [6.07, 6.45) is 1.39. The van der Waals surface area contributed by atoms with Crippen LogP contribution in [0.1, 0.15) is 26.5 Å². The highest BCUT2D eigenvalue weighted by Crippen LogP contribution is 2.27. The number of benzene rings is 3. The van der Waals surface area contributed by atoms with Gasteiger partial charge in [0.2, 0.25) is 0 Å². The first-order chi connectivity index (χ1) is 17.5. The number of amides is 1. The molecule has 0 fully saturated rings. The third-order valence-corrected chi connectivity index (χ3v) is 5.81. The van der Waals surface area contributed by atoms with Crippen molar-refractivity contribution in [3.63, 3.8) is 0 Å². The van der Waals surface area contributed by atoms with Crippen LogP contribution in [0.3, 0.4) is 0 Å². The zero-order valence-corrected chi connectivity index (χ0v) is 19.4. The third-order valence-electron chi connectivity index (χ3n) is 5.50. The number of nitrogens with zero attached hydrogens (tertiary/aromatic N) is 2. The molecule has 5 rings (SSSR count). The van der Waals surface area contributed by atoms with Gasteiger partial charge in [0.1, 0.15) is 11.5 Å². The maximum absolute atomic E-state index is 13.0. The van der Waals surface area contributed by atoms with Gasteiger partial charge in [-0.25, -0.2) is 15.2 Å². The molecule has 0 saturated heterocycles. The van der Waals surface area contributed by atoms with Gasteiger partial charge < -0.3 is 9.52 Å². The molecule has 2 N–H and O–H groups in total. The standard InChI is InChI=1S/C28H18ClN3O4/c29-23-14-18(10-12-21(23)28(34)35)26-13-11-19(36-26)16-30-32-27(33)22-15-25(17-6-2-1-3-7-17)31-24-9-5-4-8-20(22)24/h1-16H,(H,32,33)(H,34,35)/b30-16+. The molecule has 5 aromatic rings. The second-order valence-electron chi connectivity index (χ2n) is 7.84. The van der Waals surface area contributed by atoms with Crippen LogP contribution in [-0.4, -0.2) is 28.2 Å². The summed E-state index contributed by atoms with van der Waals surface area (Å²) in [5.41, 5.74) is 5.92. The van der Waals surface area contributed by atoms with Crippen molar-refractivity contribution in [3.8, 4) is 22.6 Å². The van der Waals surface area contributed by atoms with Crippen molar-refractivity contribution in [2.24, 2.45) is 5.10 Å². The molecule has 2 heterocycles. The number of hydrazone groups is 1. The third kappa shape index (κ3) is 4.73. The lowest BCUT2D eigenvalue weighted by Crippen LogP contribution is -2.18. The first-order valence-electron chi connectivity index (χ1n) is 10.9. The lowest BCUT2D eigenvalue weighted by molar-refractivity contribution is 0.0696. The summed E-state index contributed by atoms with van der Waals surface area (Å²) in [6, 6.07) is 26.7. The van der Waals surface area contributed by atoms with Crippen LogP contribution in [0, 0.1) is 0 Å². The second-order valence-corrected chi connectivity index (χ2v) is 8.25. The van der Waals surface area contributed by atoms with E-state index in [1.807, 2.05) is 54.6 Å². The number of fused-ring (bicyclic) bond motifs is 1. The topological polar surface area (TPSA) is 105 Å². The van der Waals surface area contributed by atoms with Gasteiger partial charge in [-0.1, -0.05) is 66.2 Å². The largest absolute Gasteiger partial charge is 0.478 e. The SMILES string of the molecule is O=C(O)c1ccc(-c2ccc(/C=N/NC(=O)c3cc(-c4ccccc4)nc4ccccc34)o2)cc1Cl. The number of halogens is 1. The molecule has 0 unspecified atom stereocenters. The minimum atomic E-state index is -1.10. The van der Waals surface area contributed by atoms with Gasteiger partial charge in [-0.3, -0.25) is 4.79 Å². The summed E-state index contributed by atoms with van der Waals surface area (Å²) in [5.74, 6) is -0.611. The van der Waals surface area contributed by atoms with Crippen molar-refractivity contribution in [3.05, 3.63) is 113 Å². The highest BCUT2D eigenvalue weighted by molar-refractivity contribution is 6.33. The minimum absolute atomic E-state index is 0.00975. The summed E-state index contributed by atoms with van der Waals surface area (Å²) < 4.78 is 5.74. The number of pyridine rings is 1. The highest BCUT2D eigenvalue weighted by atomic mass is 35.5. The molecule has 0 bridgehead atoms. The molecular weight excluding hydrogens is 478 g/mol. The summed E-state index contributed by atoms with van der Waals surface area (Å²) in [5, 5.41) is 14.0. The minimum Gasteiger partial charge on any atom is -0.478 e. The van der Waals surface area contributed by atoms with E-state index in [2.05, 4.69) is 10.5 Å². The lowest BCUT2D eigenvalue weighted by atomic mass is 10.0. The molecule has 0 atom stereocenters. The Bertz CT molecular complexity index is 1630. The van der Waals surface area contributed by atoms with Crippen molar-refractivity contribution in [2.75, 3.05) is 0 Å². The molecule has 0 aliphatic heterocycles. The average molecular weight is 496 g/mol. The number of para-hydroxylation sites is 1. The fourth-order valence-electron chi connectivity index (χ4n) is 3.75. The number of aromatic nitrogens is 1. The Labute approximate surface area is 210 Å². The molecule has 176 valence electrons. The summed E-state index contributed by atoms with van der Waals surface area (Å²) >= 11 is 6.05. The van der Waals surface area contributed by atoms with E-state index in [0.717, 1.165) is 5.56 Å². The second kappa shape index (κ2) is 9.85. The fourth-order valence-corrected chi connectivity index (χ4v) is 4.02. The van der Waals surface area contributed by atoms with Gasteiger partial charge in [0, 0.05) is 16.5 Å². The molecular formula is C28H18ClN3O4. The lowest BCUT2D eigenvalue weighted by Gasteiger charge is -2.09. The number of furan rings is 1. The van der Waals surface area contributed by atoms with Crippen LogP contribution in [0.5, 0.6) is 0 Å². The normalized spacial score (nSPS) is 11.1. The van der Waals surface area contributed by atoms with Crippen LogP contribution in [0.25, 0.3) is 33.5 Å². The van der Waals surface area contributed by atoms with E-state index in [0.29, 0.717) is 39.2 Å². The number of carboxylic acids is 1. The smallest absolute Gasteiger partial charge is 0.337 e. The molecule has 7 nitrogen and oxygen atoms in total. The molecule has 0 saturated carbocycles. The van der Waals surface area contributed by atoms with Gasteiger partial charge in [0.05, 0.1) is 33.6 Å². The van der Waals surface area contributed by atoms with Crippen molar-refractivity contribution in [1.82, 2.24) is 10.4 Å². The van der Waals surface area contributed by atoms with E-state index >= 15 is 0 Å². The number of carboxylic acid groups (broad SMARTS) is 1. The van der Waals surface area contributed by atoms with E-state index in [1.54, 1.807) is 24.3 Å². The molecule has 36 heavy (non-hydrogen) atoms. The zero-order chi connectivity index (χ0) is 25.1. The summed E-state index contributed by atoms with van der Waals surface area (Å²) in [6.45, 7) is 0. The Morgan fingerprint density at radius 1 is 0.889 bits per heavy atom. The van der Waals surface area contributed by atoms with E-state index in [-0.39, 0.29) is 16.5 Å². The average Bonchev–Trinajstić information content (AvgIpc) is 3.37. The van der Waals surface area contributed by atoms with Crippen LogP contribution < -0.4 is 5.43 Å². The number of nitrogens with one attached hydrogen (secondary N) is 1. The van der Waals surface area contributed by atoms with E-state index in [9.17, 15) is 9.59 Å².